The van der Waals surface area contributed by atoms with E-state index in [1.54, 1.807) is 17.0 Å². The summed E-state index contributed by atoms with van der Waals surface area (Å²) in [4.78, 5) is 16.6. The minimum Gasteiger partial charge on any atom is -0.396 e. The molecule has 2 N–H and O–H groups in total. The molecule has 20 heavy (non-hydrogen) atoms. The Balaban J connectivity index is 3.12. The topological polar surface area (TPSA) is 67.2 Å². The van der Waals surface area contributed by atoms with E-state index in [-0.39, 0.29) is 29.2 Å². The maximum Gasteiger partial charge on any atom is 0.293 e. The van der Waals surface area contributed by atoms with Gasteiger partial charge in [0.05, 0.1) is 0 Å². The van der Waals surface area contributed by atoms with E-state index in [1.807, 2.05) is 20.8 Å². The lowest BCUT2D eigenvalue weighted by molar-refractivity contribution is 0.235. The molecule has 0 spiro atoms. The van der Waals surface area contributed by atoms with Gasteiger partial charge >= 0.3 is 0 Å². The van der Waals surface area contributed by atoms with Crippen molar-refractivity contribution in [2.24, 2.45) is 5.41 Å². The van der Waals surface area contributed by atoms with Crippen LogP contribution < -0.4 is 10.9 Å². The minimum atomic E-state index is -0.287. The van der Waals surface area contributed by atoms with Crippen molar-refractivity contribution in [3.63, 3.8) is 0 Å². The summed E-state index contributed by atoms with van der Waals surface area (Å²) >= 11 is 0. The molecule has 1 unspecified atom stereocenters. The SMILES string of the molecule is CC(C)(C)C(CCO)Nc1nccn(C(C)(C)C)c1=O. The Kier molecular flexibility index (Phi) is 4.97. The van der Waals surface area contributed by atoms with Gasteiger partial charge in [0, 0.05) is 30.6 Å². The molecule has 5 nitrogen and oxygen atoms in total. The van der Waals surface area contributed by atoms with Gasteiger partial charge in [-0.1, -0.05) is 20.8 Å². The van der Waals surface area contributed by atoms with Gasteiger partial charge in [0.2, 0.25) is 0 Å². The highest BCUT2D eigenvalue weighted by atomic mass is 16.3. The Hall–Kier alpha value is -1.36. The molecule has 0 aromatic carbocycles. The maximum atomic E-state index is 12.5. The van der Waals surface area contributed by atoms with Gasteiger partial charge in [0.25, 0.3) is 5.56 Å². The zero-order chi connectivity index (χ0) is 15.6. The lowest BCUT2D eigenvalue weighted by Gasteiger charge is -2.32. The lowest BCUT2D eigenvalue weighted by Crippen LogP contribution is -2.40. The lowest BCUT2D eigenvalue weighted by atomic mass is 9.85. The van der Waals surface area contributed by atoms with E-state index in [9.17, 15) is 9.90 Å². The monoisotopic (exact) mass is 281 g/mol. The van der Waals surface area contributed by atoms with Crippen molar-refractivity contribution in [3.05, 3.63) is 22.7 Å². The fourth-order valence-corrected chi connectivity index (χ4v) is 2.05. The fourth-order valence-electron chi connectivity index (χ4n) is 2.05. The van der Waals surface area contributed by atoms with Crippen LogP contribution in [0, 0.1) is 5.41 Å². The van der Waals surface area contributed by atoms with Crippen molar-refractivity contribution < 1.29 is 5.11 Å². The summed E-state index contributed by atoms with van der Waals surface area (Å²) in [7, 11) is 0. The number of nitrogens with zero attached hydrogens (tertiary/aromatic N) is 2. The number of rotatable bonds is 4. The van der Waals surface area contributed by atoms with Gasteiger partial charge in [-0.3, -0.25) is 4.79 Å². The third-order valence-corrected chi connectivity index (χ3v) is 3.34. The molecular weight excluding hydrogens is 254 g/mol. The van der Waals surface area contributed by atoms with E-state index in [2.05, 4.69) is 31.1 Å². The molecule has 1 atom stereocenters. The van der Waals surface area contributed by atoms with Crippen LogP contribution in [-0.4, -0.2) is 27.3 Å². The van der Waals surface area contributed by atoms with Crippen LogP contribution in [0.4, 0.5) is 5.82 Å². The van der Waals surface area contributed by atoms with Gasteiger partial charge in [-0.2, -0.15) is 0 Å². The number of hydrogen-bond acceptors (Lipinski definition) is 4. The highest BCUT2D eigenvalue weighted by Crippen LogP contribution is 2.24. The van der Waals surface area contributed by atoms with Crippen molar-refractivity contribution in [1.29, 1.82) is 0 Å². The summed E-state index contributed by atoms with van der Waals surface area (Å²) in [5.74, 6) is 0.343. The van der Waals surface area contributed by atoms with Crippen LogP contribution in [0.5, 0.6) is 0 Å². The second-order valence-corrected chi connectivity index (χ2v) is 7.20. The fraction of sp³-hybridized carbons (Fsp3) is 0.733. The average Bonchev–Trinajstić information content (AvgIpc) is 2.28. The normalized spacial score (nSPS) is 14.2. The van der Waals surface area contributed by atoms with Crippen LogP contribution >= 0.6 is 0 Å². The Morgan fingerprint density at radius 1 is 1.30 bits per heavy atom. The highest BCUT2D eigenvalue weighted by molar-refractivity contribution is 5.33. The molecule has 1 aromatic rings. The Bertz CT molecular complexity index is 495. The molecule has 1 aromatic heterocycles. The van der Waals surface area contributed by atoms with Crippen molar-refractivity contribution in [3.8, 4) is 0 Å². The summed E-state index contributed by atoms with van der Waals surface area (Å²) in [5.41, 5.74) is -0.489. The molecule has 0 radical (unpaired) electrons. The predicted molar refractivity (Wildman–Crippen MR) is 82.1 cm³/mol. The molecule has 0 bridgehead atoms. The summed E-state index contributed by atoms with van der Waals surface area (Å²) in [5, 5.41) is 12.4. The zero-order valence-corrected chi connectivity index (χ0v) is 13.4. The first-order chi connectivity index (χ1) is 9.07. The molecule has 0 aliphatic heterocycles. The molecular formula is C15H27N3O2. The van der Waals surface area contributed by atoms with Crippen molar-refractivity contribution in [2.75, 3.05) is 11.9 Å². The zero-order valence-electron chi connectivity index (χ0n) is 13.4. The number of aliphatic hydroxyl groups is 1. The third-order valence-electron chi connectivity index (χ3n) is 3.34. The molecule has 0 aliphatic carbocycles. The number of aliphatic hydroxyl groups excluding tert-OH is 1. The second kappa shape index (κ2) is 5.95. The molecule has 1 heterocycles. The molecule has 0 fully saturated rings. The first-order valence-electron chi connectivity index (χ1n) is 7.03. The Labute approximate surface area is 121 Å². The van der Waals surface area contributed by atoms with Gasteiger partial charge < -0.3 is 15.0 Å². The van der Waals surface area contributed by atoms with Crippen LogP contribution in [0.1, 0.15) is 48.0 Å². The largest absolute Gasteiger partial charge is 0.396 e. The summed E-state index contributed by atoms with van der Waals surface area (Å²) < 4.78 is 1.67. The first-order valence-corrected chi connectivity index (χ1v) is 7.03. The van der Waals surface area contributed by atoms with Crippen LogP contribution in [0.3, 0.4) is 0 Å². The number of anilines is 1. The molecule has 0 saturated heterocycles. The smallest absolute Gasteiger partial charge is 0.293 e. The van der Waals surface area contributed by atoms with E-state index >= 15 is 0 Å². The van der Waals surface area contributed by atoms with Gasteiger partial charge in [-0.15, -0.1) is 0 Å². The minimum absolute atomic E-state index is 0.0106. The molecule has 0 amide bonds. The van der Waals surface area contributed by atoms with Crippen molar-refractivity contribution >= 4 is 5.82 Å². The average molecular weight is 281 g/mol. The van der Waals surface area contributed by atoms with Crippen molar-refractivity contribution in [2.45, 2.75) is 59.5 Å². The van der Waals surface area contributed by atoms with Crippen LogP contribution in [0.2, 0.25) is 0 Å². The first kappa shape index (κ1) is 16.7. The molecule has 0 saturated carbocycles. The van der Waals surface area contributed by atoms with Gasteiger partial charge in [-0.25, -0.2) is 4.98 Å². The van der Waals surface area contributed by atoms with Crippen molar-refractivity contribution in [1.82, 2.24) is 9.55 Å². The Morgan fingerprint density at radius 3 is 2.35 bits per heavy atom. The van der Waals surface area contributed by atoms with Crippen LogP contribution in [0.15, 0.2) is 17.2 Å². The van der Waals surface area contributed by atoms with E-state index < -0.39 is 0 Å². The highest BCUT2D eigenvalue weighted by Gasteiger charge is 2.26. The Morgan fingerprint density at radius 2 is 1.90 bits per heavy atom. The van der Waals surface area contributed by atoms with E-state index in [0.29, 0.717) is 12.2 Å². The maximum absolute atomic E-state index is 12.5. The molecule has 114 valence electrons. The van der Waals surface area contributed by atoms with Crippen LogP contribution in [0.25, 0.3) is 0 Å². The van der Waals surface area contributed by atoms with E-state index in [0.717, 1.165) is 0 Å². The second-order valence-electron chi connectivity index (χ2n) is 7.20. The van der Waals surface area contributed by atoms with Gasteiger partial charge in [0.15, 0.2) is 5.82 Å². The summed E-state index contributed by atoms with van der Waals surface area (Å²) in [6.45, 7) is 12.2. The number of hydrogen-bond donors (Lipinski definition) is 2. The number of aromatic nitrogens is 2. The molecule has 0 aliphatic rings. The third kappa shape index (κ3) is 4.07. The predicted octanol–water partition coefficient (Wildman–Crippen LogP) is 2.21. The van der Waals surface area contributed by atoms with E-state index in [4.69, 9.17) is 0 Å². The summed E-state index contributed by atoms with van der Waals surface area (Å²) in [6, 6.07) is -0.0106. The number of nitrogens with one attached hydrogen (secondary N) is 1. The van der Waals surface area contributed by atoms with Gasteiger partial charge in [-0.05, 0) is 32.6 Å². The quantitative estimate of drug-likeness (QED) is 0.888. The molecule has 5 heteroatoms. The van der Waals surface area contributed by atoms with Crippen LogP contribution in [-0.2, 0) is 5.54 Å². The van der Waals surface area contributed by atoms with E-state index in [1.165, 1.54) is 0 Å². The standard InChI is InChI=1S/C15H27N3O2/c1-14(2,3)11(7-10-19)17-12-13(20)18(9-8-16-12)15(4,5)6/h8-9,11,19H,7,10H2,1-6H3,(H,16,17). The van der Waals surface area contributed by atoms with Gasteiger partial charge in [0.1, 0.15) is 0 Å². The molecule has 1 rings (SSSR count). The summed E-state index contributed by atoms with van der Waals surface area (Å²) in [6.07, 6.45) is 3.91.